The molecule has 0 bridgehead atoms. The summed E-state index contributed by atoms with van der Waals surface area (Å²) in [5.74, 6) is -1.18. The summed E-state index contributed by atoms with van der Waals surface area (Å²) >= 11 is 0. The van der Waals surface area contributed by atoms with Crippen molar-refractivity contribution >= 4 is 17.6 Å². The van der Waals surface area contributed by atoms with Crippen LogP contribution in [-0.2, 0) is 4.79 Å². The van der Waals surface area contributed by atoms with Crippen LogP contribution in [0.4, 0.5) is 5.69 Å². The van der Waals surface area contributed by atoms with E-state index in [1.807, 2.05) is 0 Å². The minimum Gasteiger partial charge on any atom is -0.481 e. The number of carboxylic acids is 1. The Kier molecular flexibility index (Phi) is 3.42. The number of anilines is 1. The molecule has 0 radical (unpaired) electrons. The van der Waals surface area contributed by atoms with Gasteiger partial charge in [0.15, 0.2) is 5.69 Å². The molecule has 0 aliphatic carbocycles. The molecule has 1 amide bonds. The van der Waals surface area contributed by atoms with Gasteiger partial charge in [-0.05, 0) is 31.9 Å². The van der Waals surface area contributed by atoms with Gasteiger partial charge in [0.2, 0.25) is 0 Å². The zero-order valence-electron chi connectivity index (χ0n) is 10.8. The number of rotatable bonds is 2. The lowest BCUT2D eigenvalue weighted by Crippen LogP contribution is -2.48. The van der Waals surface area contributed by atoms with E-state index in [-0.39, 0.29) is 18.1 Å². The molecule has 0 saturated carbocycles. The maximum absolute atomic E-state index is 12.3. The minimum absolute atomic E-state index is 0.192. The Balaban J connectivity index is 2.21. The highest BCUT2D eigenvalue weighted by molar-refractivity contribution is 5.97. The van der Waals surface area contributed by atoms with E-state index in [9.17, 15) is 14.7 Å². The minimum atomic E-state index is -0.891. The maximum Gasteiger partial charge on any atom is 0.311 e. The number of amides is 1. The Bertz CT molecular complexity index is 518. The number of carbonyl (C=O) groups excluding carboxylic acids is 1. The first-order chi connectivity index (χ1) is 8.94. The maximum atomic E-state index is 12.3. The Labute approximate surface area is 111 Å². The van der Waals surface area contributed by atoms with E-state index < -0.39 is 11.4 Å². The van der Waals surface area contributed by atoms with E-state index >= 15 is 0 Å². The van der Waals surface area contributed by atoms with E-state index in [0.29, 0.717) is 25.1 Å². The van der Waals surface area contributed by atoms with Crippen molar-refractivity contribution in [2.75, 3.05) is 18.8 Å². The van der Waals surface area contributed by atoms with Crippen molar-refractivity contribution < 1.29 is 14.7 Å². The van der Waals surface area contributed by atoms with Gasteiger partial charge in [-0.1, -0.05) is 0 Å². The number of nitrogens with zero attached hydrogens (tertiary/aromatic N) is 2. The van der Waals surface area contributed by atoms with Crippen LogP contribution in [0.25, 0.3) is 0 Å². The van der Waals surface area contributed by atoms with Gasteiger partial charge in [0.05, 0.1) is 11.1 Å². The zero-order valence-corrected chi connectivity index (χ0v) is 10.8. The molecule has 2 rings (SSSR count). The predicted molar refractivity (Wildman–Crippen MR) is 69.5 cm³/mol. The number of hydrogen-bond donors (Lipinski definition) is 2. The number of hydrogen-bond acceptors (Lipinski definition) is 4. The average Bonchev–Trinajstić information content (AvgIpc) is 2.38. The van der Waals surface area contributed by atoms with Crippen molar-refractivity contribution in [1.82, 2.24) is 9.88 Å². The Morgan fingerprint density at radius 1 is 1.53 bits per heavy atom. The molecule has 1 atom stereocenters. The van der Waals surface area contributed by atoms with E-state index in [0.717, 1.165) is 0 Å². The first-order valence-electron chi connectivity index (χ1n) is 6.17. The fourth-order valence-corrected chi connectivity index (χ4v) is 2.33. The van der Waals surface area contributed by atoms with Gasteiger partial charge in [0, 0.05) is 19.3 Å². The molecule has 0 spiro atoms. The highest BCUT2D eigenvalue weighted by atomic mass is 16.4. The molecule has 1 aliphatic rings. The first-order valence-corrected chi connectivity index (χ1v) is 6.17. The van der Waals surface area contributed by atoms with Crippen LogP contribution in [0.5, 0.6) is 0 Å². The summed E-state index contributed by atoms with van der Waals surface area (Å²) in [7, 11) is 0. The second kappa shape index (κ2) is 4.87. The van der Waals surface area contributed by atoms with Crippen LogP contribution in [-0.4, -0.2) is 40.0 Å². The van der Waals surface area contributed by atoms with Gasteiger partial charge in [-0.25, -0.2) is 4.98 Å². The van der Waals surface area contributed by atoms with Crippen molar-refractivity contribution in [3.63, 3.8) is 0 Å². The lowest BCUT2D eigenvalue weighted by atomic mass is 9.82. The Hall–Kier alpha value is -2.11. The van der Waals surface area contributed by atoms with Crippen molar-refractivity contribution in [1.29, 1.82) is 0 Å². The zero-order chi connectivity index (χ0) is 14.0. The largest absolute Gasteiger partial charge is 0.481 e. The van der Waals surface area contributed by atoms with Crippen molar-refractivity contribution in [3.05, 3.63) is 24.0 Å². The third-order valence-electron chi connectivity index (χ3n) is 3.54. The number of aliphatic carboxylic acids is 1. The third kappa shape index (κ3) is 2.52. The van der Waals surface area contributed by atoms with Gasteiger partial charge in [-0.15, -0.1) is 0 Å². The number of nitrogen functional groups attached to an aromatic ring is 1. The molecule has 1 fully saturated rings. The number of nitrogens with two attached hydrogens (primary N) is 1. The van der Waals surface area contributed by atoms with Gasteiger partial charge in [-0.2, -0.15) is 0 Å². The number of aromatic nitrogens is 1. The topological polar surface area (TPSA) is 96.5 Å². The molecule has 0 aromatic carbocycles. The van der Waals surface area contributed by atoms with Gasteiger partial charge >= 0.3 is 5.97 Å². The number of carbonyl (C=O) groups is 2. The van der Waals surface area contributed by atoms with Crippen LogP contribution in [0.1, 0.15) is 30.3 Å². The third-order valence-corrected chi connectivity index (χ3v) is 3.54. The Morgan fingerprint density at radius 2 is 2.26 bits per heavy atom. The highest BCUT2D eigenvalue weighted by Crippen LogP contribution is 2.30. The van der Waals surface area contributed by atoms with Gasteiger partial charge < -0.3 is 15.7 Å². The molecule has 1 aromatic heterocycles. The lowest BCUT2D eigenvalue weighted by molar-refractivity contribution is -0.150. The number of piperidine rings is 1. The molecule has 6 nitrogen and oxygen atoms in total. The molecule has 1 saturated heterocycles. The Morgan fingerprint density at radius 3 is 2.89 bits per heavy atom. The van der Waals surface area contributed by atoms with Gasteiger partial charge in [0.25, 0.3) is 5.91 Å². The van der Waals surface area contributed by atoms with E-state index in [4.69, 9.17) is 5.73 Å². The molecule has 2 heterocycles. The van der Waals surface area contributed by atoms with Crippen molar-refractivity contribution in [3.8, 4) is 0 Å². The molecular formula is C13H17N3O3. The molecule has 1 aliphatic heterocycles. The summed E-state index contributed by atoms with van der Waals surface area (Å²) in [5.41, 5.74) is 5.34. The summed E-state index contributed by atoms with van der Waals surface area (Å²) in [6.07, 6.45) is 2.75. The van der Waals surface area contributed by atoms with Crippen LogP contribution in [0.3, 0.4) is 0 Å². The normalized spacial score (nSPS) is 23.1. The molecule has 19 heavy (non-hydrogen) atoms. The molecule has 1 aromatic rings. The van der Waals surface area contributed by atoms with Crippen LogP contribution in [0, 0.1) is 5.41 Å². The fourth-order valence-electron chi connectivity index (χ4n) is 2.33. The predicted octanol–water partition coefficient (Wildman–Crippen LogP) is 0.991. The van der Waals surface area contributed by atoms with Crippen molar-refractivity contribution in [2.24, 2.45) is 5.41 Å². The summed E-state index contributed by atoms with van der Waals surface area (Å²) in [6.45, 7) is 2.39. The lowest BCUT2D eigenvalue weighted by Gasteiger charge is -2.37. The summed E-state index contributed by atoms with van der Waals surface area (Å²) < 4.78 is 0. The second-order valence-corrected chi connectivity index (χ2v) is 5.14. The van der Waals surface area contributed by atoms with Crippen LogP contribution < -0.4 is 5.73 Å². The highest BCUT2D eigenvalue weighted by Gasteiger charge is 2.39. The van der Waals surface area contributed by atoms with E-state index in [1.165, 1.54) is 11.1 Å². The smallest absolute Gasteiger partial charge is 0.311 e. The SMILES string of the molecule is CC1(C(=O)O)CCCN(C(=O)c2ncccc2N)C1. The standard InChI is InChI=1S/C13H17N3O3/c1-13(12(18)19)5-3-7-16(8-13)11(17)10-9(14)4-2-6-15-10/h2,4,6H,3,5,7-8,14H2,1H3,(H,18,19). The van der Waals surface area contributed by atoms with Crippen molar-refractivity contribution in [2.45, 2.75) is 19.8 Å². The average molecular weight is 263 g/mol. The summed E-state index contributed by atoms with van der Waals surface area (Å²) in [4.78, 5) is 29.1. The van der Waals surface area contributed by atoms with E-state index in [2.05, 4.69) is 4.98 Å². The molecule has 102 valence electrons. The van der Waals surface area contributed by atoms with E-state index in [1.54, 1.807) is 19.1 Å². The molecule has 6 heteroatoms. The monoisotopic (exact) mass is 263 g/mol. The summed E-state index contributed by atoms with van der Waals surface area (Å²) in [5, 5.41) is 9.24. The first kappa shape index (κ1) is 13.3. The number of carboxylic acid groups (broad SMARTS) is 1. The fraction of sp³-hybridized carbons (Fsp3) is 0.462. The van der Waals surface area contributed by atoms with Crippen LogP contribution in [0.2, 0.25) is 0 Å². The van der Waals surface area contributed by atoms with Gasteiger partial charge in [0.1, 0.15) is 0 Å². The van der Waals surface area contributed by atoms with Crippen LogP contribution >= 0.6 is 0 Å². The number of likely N-dealkylation sites (tertiary alicyclic amines) is 1. The molecule has 3 N–H and O–H groups in total. The number of pyridine rings is 1. The second-order valence-electron chi connectivity index (χ2n) is 5.14. The summed E-state index contributed by atoms with van der Waals surface area (Å²) in [6, 6.07) is 3.27. The molecular weight excluding hydrogens is 246 g/mol. The molecule has 1 unspecified atom stereocenters. The quantitative estimate of drug-likeness (QED) is 0.829. The van der Waals surface area contributed by atoms with Crippen LogP contribution in [0.15, 0.2) is 18.3 Å². The van der Waals surface area contributed by atoms with Gasteiger partial charge in [-0.3, -0.25) is 9.59 Å².